The van der Waals surface area contributed by atoms with Gasteiger partial charge in [-0.3, -0.25) is 4.79 Å². The Bertz CT molecular complexity index is 1330. The van der Waals surface area contributed by atoms with E-state index in [1.165, 1.54) is 0 Å². The number of carbonyl (C=O) groups excluding carboxylic acids is 1. The van der Waals surface area contributed by atoms with Gasteiger partial charge in [0.15, 0.2) is 17.3 Å². The number of aromatic nitrogens is 4. The van der Waals surface area contributed by atoms with Gasteiger partial charge in [-0.25, -0.2) is 4.98 Å². The SMILES string of the molecule is COc1ccc(N(C)c2nc(N3CCOCC3)c3[nH]c(C(=O)c4cccc(C)c4)nc3n2)cc1. The summed E-state index contributed by atoms with van der Waals surface area (Å²) >= 11 is 0. The van der Waals surface area contributed by atoms with Crippen molar-refractivity contribution in [3.8, 4) is 5.75 Å². The molecule has 0 unspecified atom stereocenters. The maximum atomic E-state index is 13.2. The summed E-state index contributed by atoms with van der Waals surface area (Å²) in [5.41, 5.74) is 3.59. The fourth-order valence-corrected chi connectivity index (χ4v) is 3.98. The molecule has 2 aromatic carbocycles. The molecule has 0 saturated carbocycles. The molecule has 0 bridgehead atoms. The summed E-state index contributed by atoms with van der Waals surface area (Å²) in [4.78, 5) is 34.5. The number of anilines is 3. The highest BCUT2D eigenvalue weighted by Gasteiger charge is 2.24. The fourth-order valence-electron chi connectivity index (χ4n) is 3.98. The molecule has 0 atom stereocenters. The first-order chi connectivity index (χ1) is 16.5. The number of ketones is 1. The molecule has 1 fully saturated rings. The van der Waals surface area contributed by atoms with Gasteiger partial charge < -0.3 is 24.3 Å². The first kappa shape index (κ1) is 21.8. The van der Waals surface area contributed by atoms with E-state index in [2.05, 4.69) is 14.9 Å². The Morgan fingerprint density at radius 2 is 1.85 bits per heavy atom. The lowest BCUT2D eigenvalue weighted by Crippen LogP contribution is -2.37. The highest BCUT2D eigenvalue weighted by atomic mass is 16.5. The van der Waals surface area contributed by atoms with Gasteiger partial charge in [0.1, 0.15) is 11.3 Å². The van der Waals surface area contributed by atoms with Crippen LogP contribution in [0.5, 0.6) is 5.75 Å². The Labute approximate surface area is 197 Å². The lowest BCUT2D eigenvalue weighted by atomic mass is 10.1. The van der Waals surface area contributed by atoms with Crippen LogP contribution in [0.2, 0.25) is 0 Å². The van der Waals surface area contributed by atoms with Crippen LogP contribution < -0.4 is 14.5 Å². The van der Waals surface area contributed by atoms with Gasteiger partial charge in [0.05, 0.1) is 20.3 Å². The number of fused-ring (bicyclic) bond motifs is 1. The summed E-state index contributed by atoms with van der Waals surface area (Å²) in [6.45, 7) is 4.56. The number of hydrogen-bond donors (Lipinski definition) is 1. The Morgan fingerprint density at radius 3 is 2.56 bits per heavy atom. The second-order valence-electron chi connectivity index (χ2n) is 8.19. The van der Waals surface area contributed by atoms with Crippen LogP contribution in [-0.2, 0) is 4.74 Å². The van der Waals surface area contributed by atoms with Crippen molar-refractivity contribution in [3.05, 3.63) is 65.5 Å². The minimum atomic E-state index is -0.181. The van der Waals surface area contributed by atoms with Crippen LogP contribution in [0, 0.1) is 6.92 Å². The topological polar surface area (TPSA) is 96.5 Å². The lowest BCUT2D eigenvalue weighted by molar-refractivity contribution is 0.103. The number of carbonyl (C=O) groups is 1. The number of rotatable bonds is 6. The molecule has 1 saturated heterocycles. The largest absolute Gasteiger partial charge is 0.497 e. The fraction of sp³-hybridized carbons (Fsp3) is 0.280. The number of aryl methyl sites for hydroxylation is 1. The van der Waals surface area contributed by atoms with E-state index in [1.54, 1.807) is 13.2 Å². The predicted octanol–water partition coefficient (Wildman–Crippen LogP) is 3.51. The van der Waals surface area contributed by atoms with E-state index in [9.17, 15) is 4.79 Å². The van der Waals surface area contributed by atoms with Crippen LogP contribution >= 0.6 is 0 Å². The maximum absolute atomic E-state index is 13.2. The number of benzene rings is 2. The number of morpholine rings is 1. The molecular formula is C25H26N6O3. The third-order valence-corrected chi connectivity index (χ3v) is 5.89. The Kier molecular flexibility index (Phi) is 5.85. The van der Waals surface area contributed by atoms with Gasteiger partial charge in [-0.2, -0.15) is 9.97 Å². The standard InChI is InChI=1S/C25H26N6O3/c1-16-5-4-6-17(15-16)21(32)23-26-20-22(27-23)28-25(29-24(20)31-11-13-34-14-12-31)30(2)18-7-9-19(33-3)10-8-18/h4-10,15H,11-14H2,1-3H3,(H,26,27,28,29). The Hall–Kier alpha value is -3.98. The quantitative estimate of drug-likeness (QED) is 0.439. The molecule has 1 aliphatic rings. The van der Waals surface area contributed by atoms with E-state index in [0.717, 1.165) is 17.0 Å². The summed E-state index contributed by atoms with van der Waals surface area (Å²) in [5.74, 6) is 2.03. The van der Waals surface area contributed by atoms with Crippen LogP contribution in [0.1, 0.15) is 21.7 Å². The zero-order valence-corrected chi connectivity index (χ0v) is 19.4. The summed E-state index contributed by atoms with van der Waals surface area (Å²) in [7, 11) is 3.54. The van der Waals surface area contributed by atoms with Crippen molar-refractivity contribution in [3.63, 3.8) is 0 Å². The summed E-state index contributed by atoms with van der Waals surface area (Å²) in [6.07, 6.45) is 0. The molecule has 9 nitrogen and oxygen atoms in total. The van der Waals surface area contributed by atoms with E-state index in [-0.39, 0.29) is 11.6 Å². The number of methoxy groups -OCH3 is 1. The zero-order valence-electron chi connectivity index (χ0n) is 19.4. The molecule has 3 heterocycles. The van der Waals surface area contributed by atoms with Crippen LogP contribution in [0.3, 0.4) is 0 Å². The van der Waals surface area contributed by atoms with E-state index < -0.39 is 0 Å². The second kappa shape index (κ2) is 9.11. The normalized spacial score (nSPS) is 13.8. The monoisotopic (exact) mass is 458 g/mol. The first-order valence-corrected chi connectivity index (χ1v) is 11.1. The van der Waals surface area contributed by atoms with Crippen molar-refractivity contribution in [2.24, 2.45) is 0 Å². The lowest BCUT2D eigenvalue weighted by Gasteiger charge is -2.29. The van der Waals surface area contributed by atoms with Gasteiger partial charge in [-0.1, -0.05) is 23.8 Å². The molecule has 5 rings (SSSR count). The van der Waals surface area contributed by atoms with Crippen LogP contribution in [-0.4, -0.2) is 66.2 Å². The molecule has 2 aromatic heterocycles. The Morgan fingerprint density at radius 1 is 1.09 bits per heavy atom. The third kappa shape index (κ3) is 4.17. The van der Waals surface area contributed by atoms with Gasteiger partial charge in [0.25, 0.3) is 0 Å². The van der Waals surface area contributed by atoms with Gasteiger partial charge in [0, 0.05) is 31.4 Å². The molecule has 0 aliphatic carbocycles. The summed E-state index contributed by atoms with van der Waals surface area (Å²) in [5, 5.41) is 0. The second-order valence-corrected chi connectivity index (χ2v) is 8.19. The average molecular weight is 459 g/mol. The number of hydrogen-bond acceptors (Lipinski definition) is 8. The minimum absolute atomic E-state index is 0.181. The summed E-state index contributed by atoms with van der Waals surface area (Å²) in [6, 6.07) is 15.1. The van der Waals surface area contributed by atoms with Gasteiger partial charge in [-0.05, 0) is 37.3 Å². The predicted molar refractivity (Wildman–Crippen MR) is 130 cm³/mol. The highest BCUT2D eigenvalue weighted by molar-refractivity contribution is 6.08. The zero-order chi connectivity index (χ0) is 23.7. The van der Waals surface area contributed by atoms with Gasteiger partial charge >= 0.3 is 0 Å². The molecule has 1 N–H and O–H groups in total. The van der Waals surface area contributed by atoms with Gasteiger partial charge in [-0.15, -0.1) is 0 Å². The maximum Gasteiger partial charge on any atom is 0.233 e. The highest BCUT2D eigenvalue weighted by Crippen LogP contribution is 2.29. The number of nitrogens with one attached hydrogen (secondary N) is 1. The number of nitrogens with zero attached hydrogens (tertiary/aromatic N) is 5. The number of aromatic amines is 1. The van der Waals surface area contributed by atoms with Crippen molar-refractivity contribution >= 4 is 34.4 Å². The van der Waals surface area contributed by atoms with E-state index in [0.29, 0.717) is 54.8 Å². The number of ether oxygens (including phenoxy) is 2. The average Bonchev–Trinajstić information content (AvgIpc) is 3.32. The van der Waals surface area contributed by atoms with E-state index in [1.807, 2.05) is 61.3 Å². The van der Waals surface area contributed by atoms with Crippen molar-refractivity contribution < 1.29 is 14.3 Å². The molecular weight excluding hydrogens is 432 g/mol. The smallest absolute Gasteiger partial charge is 0.233 e. The number of H-pyrrole nitrogens is 1. The third-order valence-electron chi connectivity index (χ3n) is 5.89. The first-order valence-electron chi connectivity index (χ1n) is 11.1. The molecule has 0 amide bonds. The molecule has 174 valence electrons. The van der Waals surface area contributed by atoms with E-state index in [4.69, 9.17) is 19.4 Å². The Balaban J connectivity index is 1.59. The molecule has 9 heteroatoms. The van der Waals surface area contributed by atoms with Gasteiger partial charge in [0.2, 0.25) is 11.7 Å². The molecule has 0 spiro atoms. The van der Waals surface area contributed by atoms with Crippen molar-refractivity contribution in [1.29, 1.82) is 0 Å². The van der Waals surface area contributed by atoms with Crippen LogP contribution in [0.15, 0.2) is 48.5 Å². The minimum Gasteiger partial charge on any atom is -0.497 e. The van der Waals surface area contributed by atoms with Crippen molar-refractivity contribution in [2.75, 3.05) is 50.3 Å². The molecule has 34 heavy (non-hydrogen) atoms. The van der Waals surface area contributed by atoms with Crippen LogP contribution in [0.25, 0.3) is 11.2 Å². The number of imidazole rings is 1. The van der Waals surface area contributed by atoms with Crippen molar-refractivity contribution in [1.82, 2.24) is 19.9 Å². The molecule has 0 radical (unpaired) electrons. The van der Waals surface area contributed by atoms with E-state index >= 15 is 0 Å². The molecule has 4 aromatic rings. The van der Waals surface area contributed by atoms with Crippen LogP contribution in [0.4, 0.5) is 17.5 Å². The summed E-state index contributed by atoms with van der Waals surface area (Å²) < 4.78 is 10.8. The van der Waals surface area contributed by atoms with Crippen molar-refractivity contribution in [2.45, 2.75) is 6.92 Å². The molecule has 1 aliphatic heterocycles.